The van der Waals surface area contributed by atoms with Crippen molar-refractivity contribution in [2.45, 2.75) is 11.1 Å². The van der Waals surface area contributed by atoms with Crippen LogP contribution in [0.3, 0.4) is 0 Å². The second-order valence-electron chi connectivity index (χ2n) is 6.24. The van der Waals surface area contributed by atoms with E-state index in [0.717, 1.165) is 21.7 Å². The molecule has 162 valence electrons. The van der Waals surface area contributed by atoms with E-state index in [4.69, 9.17) is 4.74 Å². The van der Waals surface area contributed by atoms with Gasteiger partial charge in [-0.25, -0.2) is 17.6 Å². The van der Waals surface area contributed by atoms with E-state index in [0.29, 0.717) is 0 Å². The van der Waals surface area contributed by atoms with Crippen molar-refractivity contribution in [3.63, 3.8) is 0 Å². The lowest BCUT2D eigenvalue weighted by Gasteiger charge is -2.23. The Hall–Kier alpha value is -3.24. The molecule has 0 saturated carbocycles. The molecule has 0 saturated heterocycles. The quantitative estimate of drug-likeness (QED) is 0.513. The van der Waals surface area contributed by atoms with Crippen LogP contribution >= 0.6 is 11.3 Å². The zero-order valence-corrected chi connectivity index (χ0v) is 18.1. The highest BCUT2D eigenvalue weighted by atomic mass is 32.2. The Balaban J connectivity index is 1.87. The lowest BCUT2D eigenvalue weighted by Crippen LogP contribution is -2.38. The first-order chi connectivity index (χ1) is 14.8. The number of nitrogens with zero attached hydrogens (tertiary/aromatic N) is 1. The second kappa shape index (κ2) is 9.71. The summed E-state index contributed by atoms with van der Waals surface area (Å²) in [4.78, 5) is 24.6. The van der Waals surface area contributed by atoms with Gasteiger partial charge in [0.25, 0.3) is 10.0 Å². The number of carbonyl (C=O) groups excluding carboxylic acids is 2. The molecule has 1 amide bonds. The minimum atomic E-state index is -4.17. The molecule has 0 aliphatic rings. The van der Waals surface area contributed by atoms with Crippen molar-refractivity contribution < 1.29 is 27.1 Å². The number of anilines is 2. The minimum absolute atomic E-state index is 0.0205. The summed E-state index contributed by atoms with van der Waals surface area (Å²) in [5.74, 6) is -2.03. The van der Waals surface area contributed by atoms with Crippen LogP contribution in [0.5, 0.6) is 0 Å². The van der Waals surface area contributed by atoms with E-state index < -0.39 is 34.3 Å². The first-order valence-electron chi connectivity index (χ1n) is 9.20. The molecule has 2 aromatic carbocycles. The molecule has 1 aromatic heterocycles. The number of thiophene rings is 1. The molecule has 31 heavy (non-hydrogen) atoms. The first-order valence-corrected chi connectivity index (χ1v) is 11.5. The van der Waals surface area contributed by atoms with Gasteiger partial charge in [-0.3, -0.25) is 9.10 Å². The summed E-state index contributed by atoms with van der Waals surface area (Å²) in [7, 11) is -4.17. The van der Waals surface area contributed by atoms with Gasteiger partial charge in [0.15, 0.2) is 0 Å². The molecular weight excluding hydrogens is 443 g/mol. The Labute approximate surface area is 183 Å². The highest BCUT2D eigenvalue weighted by Crippen LogP contribution is 2.28. The van der Waals surface area contributed by atoms with Crippen molar-refractivity contribution >= 4 is 44.6 Å². The summed E-state index contributed by atoms with van der Waals surface area (Å²) in [6.45, 7) is 1.22. The number of carbonyl (C=O) groups is 2. The van der Waals surface area contributed by atoms with Crippen molar-refractivity contribution in [3.05, 3.63) is 77.4 Å². The number of amides is 1. The number of rotatable bonds is 8. The Bertz CT molecular complexity index is 1180. The van der Waals surface area contributed by atoms with Crippen LogP contribution in [0.15, 0.2) is 70.3 Å². The number of nitrogens with one attached hydrogen (secondary N) is 1. The van der Waals surface area contributed by atoms with Crippen molar-refractivity contribution in [1.29, 1.82) is 0 Å². The second-order valence-corrected chi connectivity index (χ2v) is 9.28. The van der Waals surface area contributed by atoms with Crippen LogP contribution in [0, 0.1) is 5.82 Å². The van der Waals surface area contributed by atoms with Crippen LogP contribution in [0.2, 0.25) is 0 Å². The fourth-order valence-corrected chi connectivity index (χ4v) is 5.28. The molecule has 3 aromatic rings. The van der Waals surface area contributed by atoms with Crippen LogP contribution in [0.1, 0.15) is 17.3 Å². The fraction of sp³-hybridized carbons (Fsp3) is 0.143. The standard InChI is InChI=1S/C21H19FN2O5S2/c1-2-29-21(26)15-7-5-8-16(13-15)23-19(25)14-24(18-10-4-3-9-17(18)22)31(27,28)20-11-6-12-30-20/h3-13H,2,14H2,1H3,(H,23,25). The molecule has 0 spiro atoms. The Morgan fingerprint density at radius 3 is 2.55 bits per heavy atom. The number of benzene rings is 2. The average Bonchev–Trinajstić information content (AvgIpc) is 3.29. The van der Waals surface area contributed by atoms with Crippen molar-refractivity contribution in [1.82, 2.24) is 0 Å². The van der Waals surface area contributed by atoms with E-state index in [1.807, 2.05) is 0 Å². The van der Waals surface area contributed by atoms with Gasteiger partial charge in [-0.2, -0.15) is 0 Å². The maximum atomic E-state index is 14.4. The molecule has 0 atom stereocenters. The van der Waals surface area contributed by atoms with Crippen molar-refractivity contribution in [2.24, 2.45) is 0 Å². The molecular formula is C21H19FN2O5S2. The Kier molecular flexibility index (Phi) is 7.03. The van der Waals surface area contributed by atoms with Gasteiger partial charge in [0.1, 0.15) is 16.6 Å². The van der Waals surface area contributed by atoms with Crippen LogP contribution in [0.4, 0.5) is 15.8 Å². The van der Waals surface area contributed by atoms with E-state index in [1.54, 1.807) is 30.5 Å². The lowest BCUT2D eigenvalue weighted by molar-refractivity contribution is -0.114. The van der Waals surface area contributed by atoms with E-state index in [9.17, 15) is 22.4 Å². The average molecular weight is 463 g/mol. The fourth-order valence-electron chi connectivity index (χ4n) is 2.74. The van der Waals surface area contributed by atoms with E-state index in [2.05, 4.69) is 5.32 Å². The highest BCUT2D eigenvalue weighted by Gasteiger charge is 2.30. The number of halogens is 1. The third-order valence-electron chi connectivity index (χ3n) is 4.11. The smallest absolute Gasteiger partial charge is 0.338 e. The number of hydrogen-bond donors (Lipinski definition) is 1. The molecule has 0 aliphatic heterocycles. The van der Waals surface area contributed by atoms with Crippen LogP contribution < -0.4 is 9.62 Å². The number of esters is 1. The molecule has 7 nitrogen and oxygen atoms in total. The molecule has 0 radical (unpaired) electrons. The third-order valence-corrected chi connectivity index (χ3v) is 7.24. The van der Waals surface area contributed by atoms with E-state index in [-0.39, 0.29) is 27.8 Å². The van der Waals surface area contributed by atoms with Crippen LogP contribution in [-0.2, 0) is 19.6 Å². The number of hydrogen-bond acceptors (Lipinski definition) is 6. The van der Waals surface area contributed by atoms with Gasteiger partial charge in [-0.15, -0.1) is 11.3 Å². The lowest BCUT2D eigenvalue weighted by atomic mass is 10.2. The molecule has 0 unspecified atom stereocenters. The third kappa shape index (κ3) is 5.28. The van der Waals surface area contributed by atoms with Gasteiger partial charge in [-0.05, 0) is 48.7 Å². The normalized spacial score (nSPS) is 11.0. The summed E-state index contributed by atoms with van der Waals surface area (Å²) in [6.07, 6.45) is 0. The van der Waals surface area contributed by atoms with Gasteiger partial charge in [0.2, 0.25) is 5.91 Å². The molecule has 1 heterocycles. The molecule has 3 rings (SSSR count). The predicted octanol–water partition coefficient (Wildman–Crippen LogP) is 3.90. The van der Waals surface area contributed by atoms with Crippen molar-refractivity contribution in [2.75, 3.05) is 22.8 Å². The zero-order valence-electron chi connectivity index (χ0n) is 16.4. The number of sulfonamides is 1. The molecule has 0 aliphatic carbocycles. The van der Waals surface area contributed by atoms with Crippen LogP contribution in [0.25, 0.3) is 0 Å². The molecule has 0 fully saturated rings. The van der Waals surface area contributed by atoms with Gasteiger partial charge in [-0.1, -0.05) is 24.3 Å². The summed E-state index contributed by atoms with van der Waals surface area (Å²) < 4.78 is 46.2. The Morgan fingerprint density at radius 1 is 1.10 bits per heavy atom. The van der Waals surface area contributed by atoms with Gasteiger partial charge in [0, 0.05) is 5.69 Å². The van der Waals surface area contributed by atoms with Gasteiger partial charge in [0.05, 0.1) is 17.9 Å². The maximum absolute atomic E-state index is 14.4. The van der Waals surface area contributed by atoms with Gasteiger partial charge >= 0.3 is 5.97 Å². The predicted molar refractivity (Wildman–Crippen MR) is 116 cm³/mol. The molecule has 10 heteroatoms. The minimum Gasteiger partial charge on any atom is -0.462 e. The summed E-state index contributed by atoms with van der Waals surface area (Å²) in [5, 5.41) is 4.12. The summed E-state index contributed by atoms with van der Waals surface area (Å²) >= 11 is 0.964. The van der Waals surface area contributed by atoms with E-state index >= 15 is 0 Å². The Morgan fingerprint density at radius 2 is 1.87 bits per heavy atom. The topological polar surface area (TPSA) is 92.8 Å². The van der Waals surface area contributed by atoms with E-state index in [1.165, 1.54) is 36.4 Å². The maximum Gasteiger partial charge on any atom is 0.338 e. The zero-order chi connectivity index (χ0) is 22.4. The molecule has 1 N–H and O–H groups in total. The SMILES string of the molecule is CCOC(=O)c1cccc(NC(=O)CN(c2ccccc2F)S(=O)(=O)c2cccs2)c1. The summed E-state index contributed by atoms with van der Waals surface area (Å²) in [6, 6.07) is 14.3. The molecule has 0 bridgehead atoms. The highest BCUT2D eigenvalue weighted by molar-refractivity contribution is 7.94. The monoisotopic (exact) mass is 462 g/mol. The largest absolute Gasteiger partial charge is 0.462 e. The number of ether oxygens (including phenoxy) is 1. The number of para-hydroxylation sites is 1. The summed E-state index contributed by atoms with van der Waals surface area (Å²) in [5.41, 5.74) is 0.265. The van der Waals surface area contributed by atoms with Crippen LogP contribution in [-0.4, -0.2) is 33.4 Å². The van der Waals surface area contributed by atoms with Crippen molar-refractivity contribution in [3.8, 4) is 0 Å². The first kappa shape index (κ1) is 22.4. The van der Waals surface area contributed by atoms with Gasteiger partial charge < -0.3 is 10.1 Å².